The minimum Gasteiger partial charge on any atom is -0.468 e. The lowest BCUT2D eigenvalue weighted by Gasteiger charge is -2.63. The molecule has 63 heavy (non-hydrogen) atoms. The van der Waals surface area contributed by atoms with Crippen molar-refractivity contribution in [1.82, 2.24) is 19.7 Å². The van der Waals surface area contributed by atoms with Crippen LogP contribution in [0.15, 0.2) is 59.8 Å². The van der Waals surface area contributed by atoms with Crippen LogP contribution in [0.2, 0.25) is 0 Å². The second-order valence-electron chi connectivity index (χ2n) is 19.2. The van der Waals surface area contributed by atoms with E-state index in [1.807, 2.05) is 32.0 Å². The van der Waals surface area contributed by atoms with E-state index in [1.165, 1.54) is 32.9 Å². The number of nitrogens with one attached hydrogen (secondary N) is 1. The number of likely N-dealkylation sites (tertiary alicyclic amines) is 1. The third kappa shape index (κ3) is 6.30. The number of aromatic nitrogens is 1. The number of benzene rings is 1. The van der Waals surface area contributed by atoms with Crippen LogP contribution in [0.4, 0.5) is 0 Å². The molecule has 4 N–H and O–H groups in total. The number of hydrogen-bond donors (Lipinski definition) is 4. The van der Waals surface area contributed by atoms with Crippen molar-refractivity contribution in [3.63, 3.8) is 0 Å². The highest BCUT2D eigenvalue weighted by atomic mass is 32.2. The summed E-state index contributed by atoms with van der Waals surface area (Å²) in [5.74, 6) is -1.99. The molecule has 15 heteroatoms. The van der Waals surface area contributed by atoms with Crippen LogP contribution in [0.3, 0.4) is 0 Å². The van der Waals surface area contributed by atoms with E-state index < -0.39 is 69.5 Å². The first kappa shape index (κ1) is 44.5. The third-order valence-electron chi connectivity index (χ3n) is 16.3. The smallest absolute Gasteiger partial charge is 0.344 e. The lowest BCUT2D eigenvalue weighted by Crippen LogP contribution is -2.80. The molecule has 6 heterocycles. The van der Waals surface area contributed by atoms with Crippen LogP contribution in [-0.2, 0) is 45.2 Å². The summed E-state index contributed by atoms with van der Waals surface area (Å²) < 4.78 is 24.4. The Morgan fingerprint density at radius 2 is 1.76 bits per heavy atom. The predicted octanol–water partition coefficient (Wildman–Crippen LogP) is 3.69. The summed E-state index contributed by atoms with van der Waals surface area (Å²) >= 11 is 1.47. The van der Waals surface area contributed by atoms with Crippen LogP contribution in [0.25, 0.3) is 10.9 Å². The van der Waals surface area contributed by atoms with Gasteiger partial charge >= 0.3 is 17.9 Å². The number of aliphatic hydroxyl groups excluding tert-OH is 1. The quantitative estimate of drug-likeness (QED) is 0.111. The fourth-order valence-electron chi connectivity index (χ4n) is 14.1. The molecule has 1 aromatic heterocycles. The minimum atomic E-state index is -2.36. The van der Waals surface area contributed by atoms with Crippen molar-refractivity contribution >= 4 is 40.6 Å². The normalized spacial score (nSPS) is 39.1. The number of fused-ring (bicyclic) bond motifs is 6. The maximum absolute atomic E-state index is 15.5. The number of rotatable bonds is 11. The molecule has 5 aliphatic heterocycles. The van der Waals surface area contributed by atoms with E-state index in [0.29, 0.717) is 77.0 Å². The summed E-state index contributed by atoms with van der Waals surface area (Å²) in [4.78, 5) is 54.0. The molecule has 1 spiro atoms. The van der Waals surface area contributed by atoms with Crippen LogP contribution < -0.4 is 0 Å². The number of carbonyl (C=O) groups is 3. The zero-order chi connectivity index (χ0) is 44.7. The SMILES string of the molecule is CC[C@]1(O)C[C@@H]2CN(CCc3c([nH]c4ccccc34)[C@@](C(=O)OC)(C3C=C4C(=CC3OC)N(CSCCO)[C@H]3[C@@](O)(C(=O)OC)[C@H](OC(C)=O)[C@]5(CC)C=CCN6CC[C@]43[C@@H]65)C2)C1. The molecular weight excluding hydrogens is 825 g/mol. The highest BCUT2D eigenvalue weighted by Crippen LogP contribution is 2.71. The highest BCUT2D eigenvalue weighted by molar-refractivity contribution is 7.99. The molecule has 2 aromatic rings. The fourth-order valence-corrected chi connectivity index (χ4v) is 14.9. The molecule has 9 rings (SSSR count). The molecule has 2 aliphatic carbocycles. The molecular formula is C48H64N4O10S. The van der Waals surface area contributed by atoms with E-state index in [2.05, 4.69) is 50.1 Å². The van der Waals surface area contributed by atoms with Crippen LogP contribution >= 0.6 is 11.8 Å². The van der Waals surface area contributed by atoms with E-state index in [-0.39, 0.29) is 24.4 Å². The first-order chi connectivity index (χ1) is 30.3. The molecule has 342 valence electrons. The lowest BCUT2D eigenvalue weighted by atomic mass is 9.47. The van der Waals surface area contributed by atoms with Gasteiger partial charge in [-0.25, -0.2) is 4.79 Å². The number of aromatic amines is 1. The number of aliphatic hydroxyl groups is 3. The summed E-state index contributed by atoms with van der Waals surface area (Å²) in [7, 11) is 4.35. The van der Waals surface area contributed by atoms with Crippen LogP contribution in [0.5, 0.6) is 0 Å². The average Bonchev–Trinajstić information content (AvgIpc) is 3.96. The van der Waals surface area contributed by atoms with Crippen molar-refractivity contribution in [3.05, 3.63) is 71.1 Å². The van der Waals surface area contributed by atoms with Gasteiger partial charge < -0.3 is 44.2 Å². The number of H-pyrrole nitrogens is 1. The Kier molecular flexibility index (Phi) is 11.5. The van der Waals surface area contributed by atoms with Crippen molar-refractivity contribution in [2.75, 3.05) is 72.3 Å². The standard InChI is InChI=1S/C48H64N4O10S/c1-7-44(57)24-30-25-47(42(55)60-5,38-32(14-18-50(26-30)27-44)31-12-9-10-13-35(31)49-38)34-22-33-36(23-37(34)59-4)52(28-63-21-20-53)40-46(33)16-19-51-17-11-15-45(8-2,39(46)51)41(62-29(3)54)48(40,58)43(56)61-6/h9-13,15,22-23,30,34,37,39-41,49,53,57-58H,7-8,14,16-21,24-28H2,1-6H3/t30-,34?,37?,39-,40+,41+,44-,45+,46+,47-,48-/m0/s1. The second kappa shape index (κ2) is 16.3. The van der Waals surface area contributed by atoms with Crippen molar-refractivity contribution in [2.45, 2.75) is 100 Å². The Morgan fingerprint density at radius 1 is 0.984 bits per heavy atom. The summed E-state index contributed by atoms with van der Waals surface area (Å²) in [6.45, 7) is 8.51. The largest absolute Gasteiger partial charge is 0.468 e. The monoisotopic (exact) mass is 888 g/mol. The number of nitrogens with zero attached hydrogens (tertiary/aromatic N) is 3. The van der Waals surface area contributed by atoms with Crippen LogP contribution in [0, 0.1) is 22.7 Å². The van der Waals surface area contributed by atoms with Gasteiger partial charge in [0.2, 0.25) is 5.60 Å². The molecule has 7 aliphatic rings. The Morgan fingerprint density at radius 3 is 2.46 bits per heavy atom. The summed E-state index contributed by atoms with van der Waals surface area (Å²) in [5.41, 5.74) is -2.21. The molecule has 4 fully saturated rings. The van der Waals surface area contributed by atoms with Gasteiger partial charge in [-0.15, -0.1) is 11.8 Å². The van der Waals surface area contributed by atoms with E-state index in [1.54, 1.807) is 7.11 Å². The van der Waals surface area contributed by atoms with Crippen LogP contribution in [-0.4, -0.2) is 161 Å². The number of thioether (sulfide) groups is 1. The maximum Gasteiger partial charge on any atom is 0.344 e. The number of carbonyl (C=O) groups excluding carboxylic acids is 3. The van der Waals surface area contributed by atoms with Crippen molar-refractivity contribution in [3.8, 4) is 0 Å². The zero-order valence-corrected chi connectivity index (χ0v) is 38.2. The third-order valence-corrected chi connectivity index (χ3v) is 17.3. The van der Waals surface area contributed by atoms with E-state index in [0.717, 1.165) is 33.4 Å². The molecule has 12 atom stereocenters. The summed E-state index contributed by atoms with van der Waals surface area (Å²) in [5, 5.41) is 36.8. The first-order valence-corrected chi connectivity index (χ1v) is 23.9. The van der Waals surface area contributed by atoms with E-state index in [9.17, 15) is 24.9 Å². The lowest BCUT2D eigenvalue weighted by molar-refractivity contribution is -0.243. The molecule has 0 radical (unpaired) electrons. The van der Waals surface area contributed by atoms with Crippen molar-refractivity contribution in [2.24, 2.45) is 22.7 Å². The number of piperidine rings is 1. The topological polar surface area (TPSA) is 174 Å². The number of esters is 3. The maximum atomic E-state index is 15.5. The fraction of sp³-hybridized carbons (Fsp3) is 0.646. The first-order valence-electron chi connectivity index (χ1n) is 22.7. The van der Waals surface area contributed by atoms with Gasteiger partial charge in [-0.1, -0.05) is 50.3 Å². The van der Waals surface area contributed by atoms with Gasteiger partial charge in [0.1, 0.15) is 5.41 Å². The van der Waals surface area contributed by atoms with Crippen molar-refractivity contribution < 1.29 is 48.7 Å². The Labute approximate surface area is 374 Å². The molecule has 1 aromatic carbocycles. The van der Waals surface area contributed by atoms with Gasteiger partial charge in [0.05, 0.1) is 44.5 Å². The number of methoxy groups -OCH3 is 3. The molecule has 2 bridgehead atoms. The van der Waals surface area contributed by atoms with Gasteiger partial charge in [0.15, 0.2) is 6.10 Å². The Hall–Kier alpha value is -3.70. The van der Waals surface area contributed by atoms with E-state index >= 15 is 4.79 Å². The number of hydrogen-bond acceptors (Lipinski definition) is 14. The van der Waals surface area contributed by atoms with Gasteiger partial charge in [-0.2, -0.15) is 0 Å². The Bertz CT molecular complexity index is 2250. The Balaban J connectivity index is 1.35. The summed E-state index contributed by atoms with van der Waals surface area (Å²) in [6, 6.07) is 6.84. The van der Waals surface area contributed by atoms with Gasteiger partial charge in [-0.3, -0.25) is 19.4 Å². The van der Waals surface area contributed by atoms with Crippen LogP contribution in [0.1, 0.15) is 64.1 Å². The van der Waals surface area contributed by atoms with Gasteiger partial charge in [0, 0.05) is 91.0 Å². The average molecular weight is 889 g/mol. The predicted molar refractivity (Wildman–Crippen MR) is 237 cm³/mol. The minimum absolute atomic E-state index is 0.0729. The second-order valence-corrected chi connectivity index (χ2v) is 20.3. The molecule has 1 saturated carbocycles. The molecule has 14 nitrogen and oxygen atoms in total. The molecule has 3 saturated heterocycles. The molecule has 3 unspecified atom stereocenters. The van der Waals surface area contributed by atoms with E-state index in [4.69, 9.17) is 18.9 Å². The number of ether oxygens (including phenoxy) is 4. The van der Waals surface area contributed by atoms with Gasteiger partial charge in [-0.05, 0) is 74.3 Å². The summed E-state index contributed by atoms with van der Waals surface area (Å²) in [6.07, 6.45) is 9.47. The highest BCUT2D eigenvalue weighted by Gasteiger charge is 2.81. The number of allylic oxidation sites excluding steroid dienone is 1. The number of para-hydroxylation sites is 1. The van der Waals surface area contributed by atoms with Crippen molar-refractivity contribution in [1.29, 1.82) is 0 Å². The molecule has 0 amide bonds. The van der Waals surface area contributed by atoms with Gasteiger partial charge in [0.25, 0.3) is 0 Å². The zero-order valence-electron chi connectivity index (χ0n) is 37.4.